The average Bonchev–Trinajstić information content (AvgIpc) is 3.79. The fourth-order valence-electron chi connectivity index (χ4n) is 6.14. The highest BCUT2D eigenvalue weighted by Gasteiger charge is 2.29. The lowest BCUT2D eigenvalue weighted by Gasteiger charge is -2.06. The van der Waals surface area contributed by atoms with Crippen LogP contribution in [0.25, 0.3) is 44.4 Å². The molecule has 266 valence electrons. The van der Waals surface area contributed by atoms with Crippen molar-refractivity contribution in [2.24, 2.45) is 0 Å². The SMILES string of the molecule is COC(=O)CC1=C(C)c2cc3[nH]c(cc4nc(cc5[nH]c(cc1n2)c(C)c5CC(=O)OC)C(C(=O)OC)=C4CC(=O)OC)c(C)c3CC(=O)OC. The molecule has 0 amide bonds. The average molecular weight is 699 g/mol. The van der Waals surface area contributed by atoms with Crippen molar-refractivity contribution in [1.82, 2.24) is 19.9 Å². The third kappa shape index (κ3) is 7.16. The number of carbonyl (C=O) groups is 5. The summed E-state index contributed by atoms with van der Waals surface area (Å²) in [7, 11) is 6.36. The summed E-state index contributed by atoms with van der Waals surface area (Å²) >= 11 is 0. The first-order valence-electron chi connectivity index (χ1n) is 15.9. The van der Waals surface area contributed by atoms with Gasteiger partial charge in [0.05, 0.1) is 89.6 Å². The molecular weight excluding hydrogens is 660 g/mol. The van der Waals surface area contributed by atoms with Crippen LogP contribution in [0.4, 0.5) is 0 Å². The fourth-order valence-corrected chi connectivity index (χ4v) is 6.14. The highest BCUT2D eigenvalue weighted by molar-refractivity contribution is 6.26. The second-order valence-electron chi connectivity index (χ2n) is 11.9. The maximum Gasteiger partial charge on any atom is 0.340 e. The molecule has 14 nitrogen and oxygen atoms in total. The third-order valence-electron chi connectivity index (χ3n) is 9.11. The van der Waals surface area contributed by atoms with Gasteiger partial charge in [-0.3, -0.25) is 19.2 Å². The van der Waals surface area contributed by atoms with Crippen LogP contribution < -0.4 is 0 Å². The van der Waals surface area contributed by atoms with E-state index in [9.17, 15) is 24.0 Å². The summed E-state index contributed by atoms with van der Waals surface area (Å²) in [6.45, 7) is 5.48. The summed E-state index contributed by atoms with van der Waals surface area (Å²) in [5.74, 6) is -2.79. The summed E-state index contributed by atoms with van der Waals surface area (Å²) < 4.78 is 25.1. The summed E-state index contributed by atoms with van der Waals surface area (Å²) in [6, 6.07) is 6.83. The zero-order chi connectivity index (χ0) is 37.1. The molecule has 0 atom stereocenters. The quantitative estimate of drug-likeness (QED) is 0.236. The number of esters is 5. The lowest BCUT2D eigenvalue weighted by atomic mass is 10.0. The first kappa shape index (κ1) is 36.2. The molecule has 0 aliphatic carbocycles. The van der Waals surface area contributed by atoms with Gasteiger partial charge in [-0.25, -0.2) is 14.8 Å². The van der Waals surface area contributed by atoms with Gasteiger partial charge in [-0.05, 0) is 78.4 Å². The summed E-state index contributed by atoms with van der Waals surface area (Å²) in [5.41, 5.74) is 7.73. The van der Waals surface area contributed by atoms with E-state index in [1.54, 1.807) is 24.3 Å². The number of H-pyrrole nitrogens is 2. The van der Waals surface area contributed by atoms with Gasteiger partial charge < -0.3 is 33.7 Å². The first-order valence-corrected chi connectivity index (χ1v) is 15.9. The van der Waals surface area contributed by atoms with Gasteiger partial charge in [0.1, 0.15) is 0 Å². The molecule has 8 bridgehead atoms. The number of hydrogen-bond donors (Lipinski definition) is 2. The monoisotopic (exact) mass is 698 g/mol. The van der Waals surface area contributed by atoms with Gasteiger partial charge in [0.15, 0.2) is 0 Å². The summed E-state index contributed by atoms with van der Waals surface area (Å²) in [6.07, 6.45) is -0.558. The van der Waals surface area contributed by atoms with Crippen LogP contribution in [0.15, 0.2) is 24.3 Å². The molecule has 0 radical (unpaired) electrons. The first-order chi connectivity index (χ1) is 24.3. The second-order valence-corrected chi connectivity index (χ2v) is 11.9. The number of carbonyl (C=O) groups excluding carboxylic acids is 5. The van der Waals surface area contributed by atoms with Crippen LogP contribution in [0.2, 0.25) is 0 Å². The number of hydrogen-bond acceptors (Lipinski definition) is 12. The van der Waals surface area contributed by atoms with Crippen LogP contribution >= 0.6 is 0 Å². The largest absolute Gasteiger partial charge is 0.469 e. The number of methoxy groups -OCH3 is 5. The van der Waals surface area contributed by atoms with Crippen molar-refractivity contribution in [3.63, 3.8) is 0 Å². The minimum Gasteiger partial charge on any atom is -0.469 e. The highest BCUT2D eigenvalue weighted by Crippen LogP contribution is 2.37. The smallest absolute Gasteiger partial charge is 0.340 e. The van der Waals surface area contributed by atoms with Gasteiger partial charge in [0, 0.05) is 27.6 Å². The molecule has 2 aliphatic rings. The third-order valence-corrected chi connectivity index (χ3v) is 9.11. The Morgan fingerprint density at radius 3 is 1.37 bits per heavy atom. The van der Waals surface area contributed by atoms with Crippen LogP contribution in [-0.4, -0.2) is 85.3 Å². The Bertz CT molecular complexity index is 2220. The summed E-state index contributed by atoms with van der Waals surface area (Å²) in [5, 5.41) is 0. The Morgan fingerprint density at radius 2 is 0.902 bits per heavy atom. The van der Waals surface area contributed by atoms with Gasteiger partial charge in [-0.2, -0.15) is 0 Å². The predicted molar refractivity (Wildman–Crippen MR) is 186 cm³/mol. The number of nitrogens with one attached hydrogen (secondary N) is 2. The topological polar surface area (TPSA) is 189 Å². The zero-order valence-corrected chi connectivity index (χ0v) is 29.6. The molecule has 3 aromatic rings. The van der Waals surface area contributed by atoms with E-state index in [0.717, 1.165) is 0 Å². The number of fused-ring (bicyclic) bond motifs is 8. The number of aromatic nitrogens is 4. The molecule has 5 rings (SSSR count). The molecule has 0 saturated carbocycles. The molecule has 0 fully saturated rings. The molecule has 51 heavy (non-hydrogen) atoms. The van der Waals surface area contributed by atoms with Gasteiger partial charge >= 0.3 is 29.8 Å². The Labute approximate surface area is 292 Å². The van der Waals surface area contributed by atoms with E-state index >= 15 is 0 Å². The Morgan fingerprint density at radius 1 is 0.510 bits per heavy atom. The number of aryl methyl sites for hydroxylation is 2. The van der Waals surface area contributed by atoms with Crippen molar-refractivity contribution in [1.29, 1.82) is 0 Å². The van der Waals surface area contributed by atoms with Crippen LogP contribution in [0.1, 0.15) is 64.8 Å². The Balaban J connectivity index is 2.01. The van der Waals surface area contributed by atoms with E-state index in [-0.39, 0.29) is 48.2 Å². The normalized spacial score (nSPS) is 12.5. The number of allylic oxidation sites excluding steroid dienone is 1. The fraction of sp³-hybridized carbons (Fsp3) is 0.324. The lowest BCUT2D eigenvalue weighted by Crippen LogP contribution is -2.07. The van der Waals surface area contributed by atoms with Crippen molar-refractivity contribution in [2.75, 3.05) is 35.5 Å². The molecule has 14 heteroatoms. The van der Waals surface area contributed by atoms with Crippen molar-refractivity contribution >= 4 is 74.2 Å². The predicted octanol–water partition coefficient (Wildman–Crippen LogP) is 4.50. The molecule has 0 unspecified atom stereocenters. The van der Waals surface area contributed by atoms with Crippen LogP contribution in [0, 0.1) is 13.8 Å². The number of nitrogens with zero attached hydrogens (tertiary/aromatic N) is 2. The Hall–Kier alpha value is -6.05. The molecule has 5 heterocycles. The lowest BCUT2D eigenvalue weighted by molar-refractivity contribution is -0.140. The maximum absolute atomic E-state index is 13.4. The number of rotatable bonds is 9. The standard InChI is InChI=1S/C37H38N4O10/c1-17-20(9-32(42)47-4)27-14-25-19(3)22(11-34(44)49-6)29(40-25)16-31-36(37(46)51-8)23(12-35(45)50-7)30(41-31)15-26-18(2)21(10-33(43)48-5)28(39-26)13-24(17)38-27/h13-16,39-40H,9-12H2,1-8H3. The van der Waals surface area contributed by atoms with Crippen molar-refractivity contribution in [3.8, 4) is 0 Å². The van der Waals surface area contributed by atoms with Crippen molar-refractivity contribution in [3.05, 3.63) is 69.3 Å². The van der Waals surface area contributed by atoms with Crippen LogP contribution in [0.5, 0.6) is 0 Å². The van der Waals surface area contributed by atoms with E-state index in [1.807, 2.05) is 20.8 Å². The van der Waals surface area contributed by atoms with Crippen LogP contribution in [0.3, 0.4) is 0 Å². The van der Waals surface area contributed by atoms with Gasteiger partial charge in [0.25, 0.3) is 0 Å². The maximum atomic E-state index is 13.4. The molecule has 3 aromatic heterocycles. The van der Waals surface area contributed by atoms with Crippen molar-refractivity contribution < 1.29 is 47.7 Å². The van der Waals surface area contributed by atoms with E-state index < -0.39 is 29.8 Å². The highest BCUT2D eigenvalue weighted by atomic mass is 16.5. The number of aromatic amines is 2. The van der Waals surface area contributed by atoms with E-state index in [2.05, 4.69) is 9.97 Å². The van der Waals surface area contributed by atoms with E-state index in [0.29, 0.717) is 66.9 Å². The van der Waals surface area contributed by atoms with Gasteiger partial charge in [0.2, 0.25) is 0 Å². The van der Waals surface area contributed by atoms with Gasteiger partial charge in [-0.1, -0.05) is 0 Å². The van der Waals surface area contributed by atoms with Gasteiger partial charge in [-0.15, -0.1) is 0 Å². The minimum absolute atomic E-state index is 0.0314. The molecule has 2 aliphatic heterocycles. The molecule has 0 saturated heterocycles. The Kier molecular flexibility index (Phi) is 10.5. The van der Waals surface area contributed by atoms with E-state index in [1.165, 1.54) is 35.5 Å². The molecule has 0 spiro atoms. The molecular formula is C37H38N4O10. The summed E-state index contributed by atoms with van der Waals surface area (Å²) in [4.78, 5) is 80.3. The second kappa shape index (κ2) is 14.8. The zero-order valence-electron chi connectivity index (χ0n) is 29.6. The number of ether oxygens (including phenoxy) is 5. The van der Waals surface area contributed by atoms with E-state index in [4.69, 9.17) is 33.7 Å². The molecule has 0 aromatic carbocycles. The minimum atomic E-state index is -0.741. The molecule has 2 N–H and O–H groups in total. The van der Waals surface area contributed by atoms with Crippen LogP contribution in [-0.2, 0) is 60.5 Å². The van der Waals surface area contributed by atoms with Crippen molar-refractivity contribution in [2.45, 2.75) is 46.5 Å².